The maximum atomic E-state index is 12.2. The molecule has 25 heavy (non-hydrogen) atoms. The molecule has 0 amide bonds. The highest BCUT2D eigenvalue weighted by molar-refractivity contribution is 7.87. The van der Waals surface area contributed by atoms with Gasteiger partial charge in [0.15, 0.2) is 0 Å². The Bertz CT molecular complexity index is 534. The second-order valence-corrected chi connectivity index (χ2v) is 8.01. The summed E-state index contributed by atoms with van der Waals surface area (Å²) < 4.78 is 72.7. The van der Waals surface area contributed by atoms with Crippen molar-refractivity contribution in [1.82, 2.24) is 0 Å². The van der Waals surface area contributed by atoms with Gasteiger partial charge in [0, 0.05) is 0 Å². The maximum absolute atomic E-state index is 12.2. The van der Waals surface area contributed by atoms with Gasteiger partial charge in [-0.3, -0.25) is 8.98 Å². The average Bonchev–Trinajstić information content (AvgIpc) is 2.87. The third kappa shape index (κ3) is 6.74. The molecule has 0 unspecified atom stereocenters. The molecule has 0 aromatic heterocycles. The number of hydrogen-bond donors (Lipinski definition) is 0. The SMILES string of the molecule is COC(=O)[C@@H](C)CCCC[C@@H]1O[C@@H](COS(=O)(=O)C(F)(F)F)C[C@@H]1C. The van der Waals surface area contributed by atoms with Crippen LogP contribution in [0.2, 0.25) is 0 Å². The van der Waals surface area contributed by atoms with E-state index in [1.54, 1.807) is 6.92 Å². The van der Waals surface area contributed by atoms with Gasteiger partial charge >= 0.3 is 21.6 Å². The molecule has 1 saturated heterocycles. The van der Waals surface area contributed by atoms with E-state index in [1.165, 1.54) is 7.11 Å². The van der Waals surface area contributed by atoms with Crippen LogP contribution in [0.15, 0.2) is 0 Å². The van der Waals surface area contributed by atoms with E-state index in [0.29, 0.717) is 19.3 Å². The van der Waals surface area contributed by atoms with E-state index in [1.807, 2.05) is 6.92 Å². The lowest BCUT2D eigenvalue weighted by atomic mass is 9.96. The van der Waals surface area contributed by atoms with Gasteiger partial charge in [-0.1, -0.05) is 26.7 Å². The molecule has 148 valence electrons. The highest BCUT2D eigenvalue weighted by Crippen LogP contribution is 2.31. The van der Waals surface area contributed by atoms with E-state index in [4.69, 9.17) is 4.74 Å². The summed E-state index contributed by atoms with van der Waals surface area (Å²) in [5.41, 5.74) is -5.42. The summed E-state index contributed by atoms with van der Waals surface area (Å²) in [5, 5.41) is 0. The van der Waals surface area contributed by atoms with Crippen LogP contribution in [0.4, 0.5) is 13.2 Å². The van der Waals surface area contributed by atoms with Crippen LogP contribution in [0.25, 0.3) is 0 Å². The fourth-order valence-electron chi connectivity index (χ4n) is 2.81. The van der Waals surface area contributed by atoms with E-state index < -0.39 is 28.3 Å². The highest BCUT2D eigenvalue weighted by Gasteiger charge is 2.48. The van der Waals surface area contributed by atoms with Crippen molar-refractivity contribution in [1.29, 1.82) is 0 Å². The largest absolute Gasteiger partial charge is 0.523 e. The lowest BCUT2D eigenvalue weighted by Gasteiger charge is -2.16. The zero-order valence-electron chi connectivity index (χ0n) is 14.5. The standard InChI is InChI=1S/C15H25F3O6S/c1-10(14(19)22-3)6-4-5-7-13-11(2)8-12(24-13)9-23-25(20,21)15(16,17)18/h10-13H,4-9H2,1-3H3/t10-,11-,12+,13-/m0/s1. The van der Waals surface area contributed by atoms with Gasteiger partial charge in [-0.25, -0.2) is 0 Å². The Morgan fingerprint density at radius 3 is 2.52 bits per heavy atom. The molecule has 0 aromatic carbocycles. The van der Waals surface area contributed by atoms with Crippen molar-refractivity contribution < 1.29 is 40.0 Å². The first-order valence-corrected chi connectivity index (χ1v) is 9.57. The van der Waals surface area contributed by atoms with E-state index >= 15 is 0 Å². The summed E-state index contributed by atoms with van der Waals surface area (Å²) in [4.78, 5) is 11.3. The quantitative estimate of drug-likeness (QED) is 0.261. The fourth-order valence-corrected chi connectivity index (χ4v) is 3.28. The van der Waals surface area contributed by atoms with Gasteiger partial charge in [-0.05, 0) is 25.2 Å². The zero-order chi connectivity index (χ0) is 19.3. The number of halogens is 3. The number of methoxy groups -OCH3 is 1. The Labute approximate surface area is 146 Å². The Hall–Kier alpha value is -0.870. The van der Waals surface area contributed by atoms with Gasteiger partial charge in [-0.2, -0.15) is 21.6 Å². The first-order valence-electron chi connectivity index (χ1n) is 8.17. The van der Waals surface area contributed by atoms with Gasteiger partial charge in [0.05, 0.1) is 31.8 Å². The number of rotatable bonds is 9. The molecule has 1 fully saturated rings. The first kappa shape index (κ1) is 22.2. The third-order valence-electron chi connectivity index (χ3n) is 4.31. The molecule has 0 aliphatic carbocycles. The number of ether oxygens (including phenoxy) is 2. The van der Waals surface area contributed by atoms with Crippen LogP contribution < -0.4 is 0 Å². The topological polar surface area (TPSA) is 78.9 Å². The second kappa shape index (κ2) is 9.18. The Morgan fingerprint density at radius 1 is 1.32 bits per heavy atom. The monoisotopic (exact) mass is 390 g/mol. The molecular formula is C15H25F3O6S. The minimum absolute atomic E-state index is 0.0974. The minimum atomic E-state index is -5.59. The molecular weight excluding hydrogens is 365 g/mol. The normalized spacial score (nSPS) is 25.8. The van der Waals surface area contributed by atoms with Crippen molar-refractivity contribution >= 4 is 16.1 Å². The van der Waals surface area contributed by atoms with Crippen LogP contribution in [0.3, 0.4) is 0 Å². The summed E-state index contributed by atoms with van der Waals surface area (Å²) in [5.74, 6) is -0.338. The predicted molar refractivity (Wildman–Crippen MR) is 83.0 cm³/mol. The molecule has 0 bridgehead atoms. The van der Waals surface area contributed by atoms with Crippen molar-refractivity contribution in [2.75, 3.05) is 13.7 Å². The number of hydrogen-bond acceptors (Lipinski definition) is 6. The lowest BCUT2D eigenvalue weighted by molar-refractivity contribution is -0.145. The molecule has 10 heteroatoms. The number of unbranched alkanes of at least 4 members (excludes halogenated alkanes) is 1. The summed E-state index contributed by atoms with van der Waals surface area (Å²) in [6, 6.07) is 0. The van der Waals surface area contributed by atoms with Crippen molar-refractivity contribution in [3.05, 3.63) is 0 Å². The maximum Gasteiger partial charge on any atom is 0.523 e. The number of carbonyl (C=O) groups is 1. The zero-order valence-corrected chi connectivity index (χ0v) is 15.4. The van der Waals surface area contributed by atoms with Gasteiger partial charge in [0.25, 0.3) is 0 Å². The number of esters is 1. The molecule has 1 heterocycles. The summed E-state index contributed by atoms with van der Waals surface area (Å²) in [6.07, 6.45) is 2.58. The second-order valence-electron chi connectivity index (χ2n) is 6.40. The molecule has 1 rings (SSSR count). The van der Waals surface area contributed by atoms with E-state index in [0.717, 1.165) is 12.8 Å². The van der Waals surface area contributed by atoms with E-state index in [-0.39, 0.29) is 23.9 Å². The Morgan fingerprint density at radius 2 is 1.96 bits per heavy atom. The van der Waals surface area contributed by atoms with Crippen molar-refractivity contribution in [2.45, 2.75) is 63.7 Å². The highest BCUT2D eigenvalue weighted by atomic mass is 32.2. The van der Waals surface area contributed by atoms with Crippen LogP contribution in [0.5, 0.6) is 0 Å². The van der Waals surface area contributed by atoms with E-state index in [9.17, 15) is 26.4 Å². The van der Waals surface area contributed by atoms with Crippen LogP contribution in [0.1, 0.15) is 46.0 Å². The molecule has 1 aliphatic rings. The van der Waals surface area contributed by atoms with Crippen molar-refractivity contribution in [3.8, 4) is 0 Å². The van der Waals surface area contributed by atoms with Gasteiger partial charge in [0.2, 0.25) is 0 Å². The smallest absolute Gasteiger partial charge is 0.469 e. The molecule has 4 atom stereocenters. The van der Waals surface area contributed by atoms with Crippen LogP contribution in [-0.4, -0.2) is 45.8 Å². The molecule has 6 nitrogen and oxygen atoms in total. The Balaban J connectivity index is 2.32. The first-order chi connectivity index (χ1) is 11.5. The van der Waals surface area contributed by atoms with Crippen LogP contribution in [0, 0.1) is 11.8 Å². The molecule has 1 aliphatic heterocycles. The lowest BCUT2D eigenvalue weighted by Crippen LogP contribution is -2.29. The number of carbonyl (C=O) groups excluding carboxylic acids is 1. The average molecular weight is 390 g/mol. The molecule has 0 aromatic rings. The fraction of sp³-hybridized carbons (Fsp3) is 0.933. The number of alkyl halides is 3. The summed E-state index contributed by atoms with van der Waals surface area (Å²) in [6.45, 7) is 3.05. The van der Waals surface area contributed by atoms with Gasteiger partial charge < -0.3 is 9.47 Å². The summed E-state index contributed by atoms with van der Waals surface area (Å²) >= 11 is 0. The Kier molecular flexibility index (Phi) is 8.14. The van der Waals surface area contributed by atoms with Crippen molar-refractivity contribution in [3.63, 3.8) is 0 Å². The van der Waals surface area contributed by atoms with E-state index in [2.05, 4.69) is 8.92 Å². The van der Waals surface area contributed by atoms with Crippen molar-refractivity contribution in [2.24, 2.45) is 11.8 Å². The molecule has 0 N–H and O–H groups in total. The summed E-state index contributed by atoms with van der Waals surface area (Å²) in [7, 11) is -4.24. The molecule has 0 spiro atoms. The van der Waals surface area contributed by atoms with Crippen LogP contribution >= 0.6 is 0 Å². The predicted octanol–water partition coefficient (Wildman–Crippen LogP) is 3.02. The third-order valence-corrected chi connectivity index (χ3v) is 5.32. The molecule has 0 radical (unpaired) electrons. The van der Waals surface area contributed by atoms with Gasteiger partial charge in [0.1, 0.15) is 0 Å². The van der Waals surface area contributed by atoms with Gasteiger partial charge in [-0.15, -0.1) is 0 Å². The van der Waals surface area contributed by atoms with Crippen LogP contribution in [-0.2, 0) is 28.6 Å². The minimum Gasteiger partial charge on any atom is -0.469 e. The molecule has 0 saturated carbocycles.